The van der Waals surface area contributed by atoms with Crippen molar-refractivity contribution in [1.29, 1.82) is 0 Å². The monoisotopic (exact) mass is 382 g/mol. The Balaban J connectivity index is 1.86. The third-order valence-corrected chi connectivity index (χ3v) is 6.92. The number of nitrogens with zero attached hydrogens (tertiary/aromatic N) is 3. The number of hydrazine groups is 1. The first kappa shape index (κ1) is 19.1. The summed E-state index contributed by atoms with van der Waals surface area (Å²) >= 11 is 0. The van der Waals surface area contributed by atoms with E-state index in [4.69, 9.17) is 0 Å². The summed E-state index contributed by atoms with van der Waals surface area (Å²) in [6, 6.07) is 4.15. The van der Waals surface area contributed by atoms with Crippen molar-refractivity contribution in [2.24, 2.45) is 5.92 Å². The number of hydrogen-bond donors (Lipinski definition) is 1. The number of nitrogens with one attached hydrogen (secondary N) is 1. The molecule has 0 aromatic heterocycles. The standard InChI is InChI=1S/C17H26N4O4S/c1-14-6-5-11-20(13-14)26(24,25)15-7-8-16(17(12-15)21(22)23)18-19-9-3-2-4-10-19/h7-8,12,14,18H,2-6,9-11,13H2,1H3/t14-/m0/s1. The molecule has 1 aromatic rings. The molecule has 0 aliphatic carbocycles. The predicted molar refractivity (Wildman–Crippen MR) is 99.3 cm³/mol. The van der Waals surface area contributed by atoms with E-state index in [9.17, 15) is 18.5 Å². The molecule has 1 atom stereocenters. The van der Waals surface area contributed by atoms with Gasteiger partial charge in [-0.1, -0.05) is 13.3 Å². The third kappa shape index (κ3) is 4.16. The van der Waals surface area contributed by atoms with Crippen LogP contribution in [0.3, 0.4) is 0 Å². The molecule has 144 valence electrons. The highest BCUT2D eigenvalue weighted by atomic mass is 32.2. The molecule has 2 fully saturated rings. The number of nitro groups is 1. The summed E-state index contributed by atoms with van der Waals surface area (Å²) < 4.78 is 27.2. The molecule has 2 saturated heterocycles. The van der Waals surface area contributed by atoms with Crippen LogP contribution in [0.1, 0.15) is 39.0 Å². The van der Waals surface area contributed by atoms with E-state index in [1.807, 2.05) is 11.9 Å². The second kappa shape index (κ2) is 7.89. The fraction of sp³-hybridized carbons (Fsp3) is 0.647. The smallest absolute Gasteiger partial charge is 0.295 e. The van der Waals surface area contributed by atoms with Gasteiger partial charge in [-0.05, 0) is 43.7 Å². The largest absolute Gasteiger partial charge is 0.313 e. The van der Waals surface area contributed by atoms with E-state index in [1.165, 1.54) is 22.5 Å². The van der Waals surface area contributed by atoms with Crippen molar-refractivity contribution >= 4 is 21.4 Å². The molecule has 9 heteroatoms. The van der Waals surface area contributed by atoms with Gasteiger partial charge in [-0.25, -0.2) is 13.4 Å². The van der Waals surface area contributed by atoms with E-state index < -0.39 is 14.9 Å². The molecule has 0 bridgehead atoms. The average Bonchev–Trinajstić information content (AvgIpc) is 2.62. The third-order valence-electron chi connectivity index (χ3n) is 5.06. The quantitative estimate of drug-likeness (QED) is 0.621. The van der Waals surface area contributed by atoms with Crippen LogP contribution < -0.4 is 5.43 Å². The molecule has 1 N–H and O–H groups in total. The summed E-state index contributed by atoms with van der Waals surface area (Å²) in [5, 5.41) is 13.5. The normalized spacial score (nSPS) is 22.9. The Morgan fingerprint density at radius 1 is 1.15 bits per heavy atom. The van der Waals surface area contributed by atoms with E-state index in [-0.39, 0.29) is 10.6 Å². The number of sulfonamides is 1. The molecule has 0 spiro atoms. The van der Waals surface area contributed by atoms with Crippen LogP contribution in [-0.4, -0.2) is 48.8 Å². The zero-order valence-electron chi connectivity index (χ0n) is 15.1. The molecule has 2 heterocycles. The molecule has 8 nitrogen and oxygen atoms in total. The summed E-state index contributed by atoms with van der Waals surface area (Å²) in [6.45, 7) is 4.60. The van der Waals surface area contributed by atoms with Gasteiger partial charge >= 0.3 is 0 Å². The van der Waals surface area contributed by atoms with Crippen LogP contribution in [0.25, 0.3) is 0 Å². The van der Waals surface area contributed by atoms with Crippen LogP contribution >= 0.6 is 0 Å². The summed E-state index contributed by atoms with van der Waals surface area (Å²) in [5.74, 6) is 0.300. The first-order valence-electron chi connectivity index (χ1n) is 9.18. The van der Waals surface area contributed by atoms with Gasteiger partial charge in [0.05, 0.1) is 9.82 Å². The maximum Gasteiger partial charge on any atom is 0.295 e. The summed E-state index contributed by atoms with van der Waals surface area (Å²) in [6.07, 6.45) is 5.06. The Labute approximate surface area is 154 Å². The molecule has 3 rings (SSSR count). The van der Waals surface area contributed by atoms with E-state index in [0.717, 1.165) is 45.2 Å². The highest BCUT2D eigenvalue weighted by Gasteiger charge is 2.30. The van der Waals surface area contributed by atoms with E-state index in [0.29, 0.717) is 24.7 Å². The molecular weight excluding hydrogens is 356 g/mol. The van der Waals surface area contributed by atoms with Crippen molar-refractivity contribution in [2.45, 2.75) is 43.9 Å². The lowest BCUT2D eigenvalue weighted by atomic mass is 10.0. The SMILES string of the molecule is C[C@H]1CCCN(S(=O)(=O)c2ccc(NN3CCCCC3)c([N+](=O)[O-])c2)C1. The van der Waals surface area contributed by atoms with Crippen molar-refractivity contribution in [3.05, 3.63) is 28.3 Å². The molecule has 26 heavy (non-hydrogen) atoms. The van der Waals surface area contributed by atoms with Crippen molar-refractivity contribution < 1.29 is 13.3 Å². The fourth-order valence-corrected chi connectivity index (χ4v) is 5.23. The summed E-state index contributed by atoms with van der Waals surface area (Å²) in [5.41, 5.74) is 3.21. The van der Waals surface area contributed by atoms with Gasteiger partial charge in [0, 0.05) is 32.2 Å². The van der Waals surface area contributed by atoms with E-state index in [2.05, 4.69) is 5.43 Å². The molecule has 2 aliphatic heterocycles. The van der Waals surface area contributed by atoms with Gasteiger partial charge in [-0.3, -0.25) is 10.1 Å². The summed E-state index contributed by atoms with van der Waals surface area (Å²) in [4.78, 5) is 11.0. The van der Waals surface area contributed by atoms with Gasteiger partial charge in [-0.2, -0.15) is 4.31 Å². The lowest BCUT2D eigenvalue weighted by Gasteiger charge is -2.30. The summed E-state index contributed by atoms with van der Waals surface area (Å²) in [7, 11) is -3.71. The van der Waals surface area contributed by atoms with Crippen LogP contribution in [0.4, 0.5) is 11.4 Å². The predicted octanol–water partition coefficient (Wildman–Crippen LogP) is 2.83. The molecule has 0 amide bonds. The second-order valence-electron chi connectivity index (χ2n) is 7.21. The van der Waals surface area contributed by atoms with Crippen LogP contribution in [0.2, 0.25) is 0 Å². The van der Waals surface area contributed by atoms with Gasteiger partial charge in [0.15, 0.2) is 0 Å². The number of piperidine rings is 2. The number of anilines is 1. The number of benzene rings is 1. The van der Waals surface area contributed by atoms with E-state index >= 15 is 0 Å². The average molecular weight is 382 g/mol. The Morgan fingerprint density at radius 2 is 1.88 bits per heavy atom. The zero-order valence-corrected chi connectivity index (χ0v) is 15.9. The Bertz CT molecular complexity index is 762. The fourth-order valence-electron chi connectivity index (χ4n) is 3.61. The van der Waals surface area contributed by atoms with Gasteiger partial charge in [0.1, 0.15) is 5.69 Å². The zero-order chi connectivity index (χ0) is 18.7. The molecular formula is C17H26N4O4S. The van der Waals surface area contributed by atoms with Crippen molar-refractivity contribution in [1.82, 2.24) is 9.31 Å². The first-order valence-corrected chi connectivity index (χ1v) is 10.6. The molecule has 0 radical (unpaired) electrons. The molecule has 1 aromatic carbocycles. The van der Waals surface area contributed by atoms with E-state index in [1.54, 1.807) is 0 Å². The Morgan fingerprint density at radius 3 is 2.54 bits per heavy atom. The second-order valence-corrected chi connectivity index (χ2v) is 9.14. The minimum absolute atomic E-state index is 0.0116. The van der Waals surface area contributed by atoms with Crippen LogP contribution in [0.15, 0.2) is 23.1 Å². The molecule has 2 aliphatic rings. The van der Waals surface area contributed by atoms with Crippen molar-refractivity contribution in [3.8, 4) is 0 Å². The number of nitro benzene ring substituents is 1. The maximum atomic E-state index is 12.9. The van der Waals surface area contributed by atoms with Gasteiger partial charge < -0.3 is 5.43 Å². The highest BCUT2D eigenvalue weighted by molar-refractivity contribution is 7.89. The Kier molecular flexibility index (Phi) is 5.79. The maximum absolute atomic E-state index is 12.9. The number of rotatable bonds is 5. The minimum atomic E-state index is -3.71. The molecule has 0 saturated carbocycles. The number of hydrogen-bond acceptors (Lipinski definition) is 6. The van der Waals surface area contributed by atoms with Crippen LogP contribution in [0.5, 0.6) is 0 Å². The van der Waals surface area contributed by atoms with Gasteiger partial charge in [-0.15, -0.1) is 0 Å². The molecule has 0 unspecified atom stereocenters. The first-order chi connectivity index (χ1) is 12.4. The van der Waals surface area contributed by atoms with Crippen molar-refractivity contribution in [2.75, 3.05) is 31.6 Å². The lowest BCUT2D eigenvalue weighted by molar-refractivity contribution is -0.384. The van der Waals surface area contributed by atoms with Gasteiger partial charge in [0.2, 0.25) is 10.0 Å². The highest BCUT2D eigenvalue weighted by Crippen LogP contribution is 2.31. The topological polar surface area (TPSA) is 95.8 Å². The lowest BCUT2D eigenvalue weighted by Crippen LogP contribution is -2.39. The Hall–Kier alpha value is -1.71. The van der Waals surface area contributed by atoms with Crippen molar-refractivity contribution in [3.63, 3.8) is 0 Å². The van der Waals surface area contributed by atoms with Gasteiger partial charge in [0.25, 0.3) is 5.69 Å². The van der Waals surface area contributed by atoms with Crippen LogP contribution in [-0.2, 0) is 10.0 Å². The van der Waals surface area contributed by atoms with Crippen LogP contribution in [0, 0.1) is 16.0 Å². The minimum Gasteiger partial charge on any atom is -0.313 e.